The molecule has 0 radical (unpaired) electrons. The predicted octanol–water partition coefficient (Wildman–Crippen LogP) is 2.84. The fourth-order valence-corrected chi connectivity index (χ4v) is 2.92. The number of aliphatic hydroxyl groups is 1. The van der Waals surface area contributed by atoms with Crippen molar-refractivity contribution >= 4 is 5.91 Å². The van der Waals surface area contributed by atoms with Crippen molar-refractivity contribution in [1.82, 2.24) is 4.90 Å². The minimum absolute atomic E-state index is 0.129. The number of ether oxygens (including phenoxy) is 1. The molecule has 4 heteroatoms. The molecule has 1 N–H and O–H groups in total. The molecule has 1 saturated heterocycles. The standard InChI is InChI=1S/C19H29NO3/c1-14(2)13-23-17-7-5-16(6-8-17)19(3,4)18(22)20-10-9-15(11-20)12-21/h5-8,14-15,21H,9-13H2,1-4H3. The minimum atomic E-state index is -0.569. The topological polar surface area (TPSA) is 49.8 Å². The van der Waals surface area contributed by atoms with Gasteiger partial charge in [0, 0.05) is 25.6 Å². The highest BCUT2D eigenvalue weighted by Gasteiger charge is 2.36. The van der Waals surface area contributed by atoms with Crippen LogP contribution >= 0.6 is 0 Å². The fraction of sp³-hybridized carbons (Fsp3) is 0.632. The third-order valence-corrected chi connectivity index (χ3v) is 4.53. The molecule has 0 saturated carbocycles. The van der Waals surface area contributed by atoms with E-state index in [1.807, 2.05) is 43.0 Å². The molecule has 1 heterocycles. The lowest BCUT2D eigenvalue weighted by atomic mass is 9.83. The van der Waals surface area contributed by atoms with Gasteiger partial charge in [-0.05, 0) is 43.9 Å². The third-order valence-electron chi connectivity index (χ3n) is 4.53. The molecule has 1 aromatic carbocycles. The van der Waals surface area contributed by atoms with Crippen LogP contribution in [-0.2, 0) is 10.2 Å². The van der Waals surface area contributed by atoms with Gasteiger partial charge in [0.2, 0.25) is 5.91 Å². The van der Waals surface area contributed by atoms with Crippen molar-refractivity contribution in [2.75, 3.05) is 26.3 Å². The van der Waals surface area contributed by atoms with E-state index in [4.69, 9.17) is 4.74 Å². The number of nitrogens with zero attached hydrogens (tertiary/aromatic N) is 1. The molecule has 1 aliphatic heterocycles. The van der Waals surface area contributed by atoms with E-state index >= 15 is 0 Å². The maximum Gasteiger partial charge on any atom is 0.232 e. The average molecular weight is 319 g/mol. The quantitative estimate of drug-likeness (QED) is 0.877. The summed E-state index contributed by atoms with van der Waals surface area (Å²) in [6.07, 6.45) is 0.889. The number of carbonyl (C=O) groups excluding carboxylic acids is 1. The SMILES string of the molecule is CC(C)COc1ccc(C(C)(C)C(=O)N2CCC(CO)C2)cc1. The second-order valence-electron chi connectivity index (χ2n) is 7.44. The van der Waals surface area contributed by atoms with Gasteiger partial charge in [0.15, 0.2) is 0 Å². The van der Waals surface area contributed by atoms with Crippen molar-refractivity contribution in [3.63, 3.8) is 0 Å². The zero-order valence-corrected chi connectivity index (χ0v) is 14.7. The second kappa shape index (κ2) is 7.35. The van der Waals surface area contributed by atoms with E-state index in [0.29, 0.717) is 19.1 Å². The molecule has 0 spiro atoms. The van der Waals surface area contributed by atoms with Gasteiger partial charge in [0.25, 0.3) is 0 Å². The van der Waals surface area contributed by atoms with Gasteiger partial charge < -0.3 is 14.7 Å². The van der Waals surface area contributed by atoms with Gasteiger partial charge in [0.1, 0.15) is 5.75 Å². The van der Waals surface area contributed by atoms with Crippen LogP contribution in [0.2, 0.25) is 0 Å². The van der Waals surface area contributed by atoms with Crippen molar-refractivity contribution in [3.05, 3.63) is 29.8 Å². The summed E-state index contributed by atoms with van der Waals surface area (Å²) in [5.41, 5.74) is 0.424. The van der Waals surface area contributed by atoms with E-state index < -0.39 is 5.41 Å². The summed E-state index contributed by atoms with van der Waals surface area (Å²) in [5.74, 6) is 1.68. The van der Waals surface area contributed by atoms with Crippen LogP contribution in [0.3, 0.4) is 0 Å². The first-order chi connectivity index (χ1) is 10.8. The molecule has 0 bridgehead atoms. The Kier molecular flexibility index (Phi) is 5.69. The van der Waals surface area contributed by atoms with Crippen molar-refractivity contribution in [2.45, 2.75) is 39.5 Å². The Morgan fingerprint density at radius 3 is 2.52 bits per heavy atom. The largest absolute Gasteiger partial charge is 0.493 e. The number of likely N-dealkylation sites (tertiary alicyclic amines) is 1. The van der Waals surface area contributed by atoms with Crippen LogP contribution in [0.1, 0.15) is 39.7 Å². The van der Waals surface area contributed by atoms with Gasteiger partial charge in [-0.3, -0.25) is 4.79 Å². The summed E-state index contributed by atoms with van der Waals surface area (Å²) >= 11 is 0. The summed E-state index contributed by atoms with van der Waals surface area (Å²) in [4.78, 5) is 14.7. The van der Waals surface area contributed by atoms with E-state index in [1.165, 1.54) is 0 Å². The number of hydrogen-bond donors (Lipinski definition) is 1. The molecule has 0 aromatic heterocycles. The summed E-state index contributed by atoms with van der Waals surface area (Å²) in [5, 5.41) is 9.25. The Bertz CT molecular complexity index is 522. The lowest BCUT2D eigenvalue weighted by Gasteiger charge is -2.30. The lowest BCUT2D eigenvalue weighted by Crippen LogP contribution is -2.42. The Labute approximate surface area is 139 Å². The van der Waals surface area contributed by atoms with Crippen molar-refractivity contribution in [1.29, 1.82) is 0 Å². The van der Waals surface area contributed by atoms with Gasteiger partial charge in [-0.15, -0.1) is 0 Å². The normalized spacial score (nSPS) is 18.5. The van der Waals surface area contributed by atoms with Crippen LogP contribution in [-0.4, -0.2) is 42.2 Å². The zero-order chi connectivity index (χ0) is 17.0. The van der Waals surface area contributed by atoms with Crippen molar-refractivity contribution in [3.8, 4) is 5.75 Å². The minimum Gasteiger partial charge on any atom is -0.493 e. The van der Waals surface area contributed by atoms with Crippen LogP contribution < -0.4 is 4.74 Å². The first kappa shape index (κ1) is 17.8. The van der Waals surface area contributed by atoms with E-state index in [-0.39, 0.29) is 18.4 Å². The van der Waals surface area contributed by atoms with Gasteiger partial charge >= 0.3 is 0 Å². The number of aliphatic hydroxyl groups excluding tert-OH is 1. The number of carbonyl (C=O) groups is 1. The molecule has 4 nitrogen and oxygen atoms in total. The smallest absolute Gasteiger partial charge is 0.232 e. The van der Waals surface area contributed by atoms with Crippen LogP contribution in [0.4, 0.5) is 0 Å². The average Bonchev–Trinajstić information content (AvgIpc) is 3.01. The molecule has 1 aromatic rings. The van der Waals surface area contributed by atoms with Crippen molar-refractivity contribution in [2.24, 2.45) is 11.8 Å². The van der Waals surface area contributed by atoms with Crippen LogP contribution in [0, 0.1) is 11.8 Å². The number of benzene rings is 1. The van der Waals surface area contributed by atoms with Crippen LogP contribution in [0.25, 0.3) is 0 Å². The molecule has 2 rings (SSSR count). The summed E-state index contributed by atoms with van der Waals surface area (Å²) in [6, 6.07) is 7.83. The summed E-state index contributed by atoms with van der Waals surface area (Å²) in [7, 11) is 0. The Hall–Kier alpha value is -1.55. The van der Waals surface area contributed by atoms with E-state index in [2.05, 4.69) is 13.8 Å². The molecular weight excluding hydrogens is 290 g/mol. The highest BCUT2D eigenvalue weighted by Crippen LogP contribution is 2.30. The van der Waals surface area contributed by atoms with Gasteiger partial charge in [-0.2, -0.15) is 0 Å². The summed E-state index contributed by atoms with van der Waals surface area (Å²) < 4.78 is 5.70. The summed E-state index contributed by atoms with van der Waals surface area (Å²) in [6.45, 7) is 10.4. The van der Waals surface area contributed by atoms with Gasteiger partial charge in [0.05, 0.1) is 12.0 Å². The highest BCUT2D eigenvalue weighted by atomic mass is 16.5. The molecular formula is C19H29NO3. The Morgan fingerprint density at radius 1 is 1.35 bits per heavy atom. The number of amides is 1. The zero-order valence-electron chi connectivity index (χ0n) is 14.7. The maximum atomic E-state index is 12.8. The first-order valence-electron chi connectivity index (χ1n) is 8.48. The van der Waals surface area contributed by atoms with E-state index in [0.717, 1.165) is 24.3 Å². The first-order valence-corrected chi connectivity index (χ1v) is 8.48. The van der Waals surface area contributed by atoms with Crippen LogP contribution in [0.15, 0.2) is 24.3 Å². The monoisotopic (exact) mass is 319 g/mol. The molecule has 128 valence electrons. The molecule has 23 heavy (non-hydrogen) atoms. The van der Waals surface area contributed by atoms with Crippen molar-refractivity contribution < 1.29 is 14.6 Å². The Balaban J connectivity index is 2.05. The van der Waals surface area contributed by atoms with Crippen LogP contribution in [0.5, 0.6) is 5.75 Å². The molecule has 1 amide bonds. The van der Waals surface area contributed by atoms with E-state index in [1.54, 1.807) is 0 Å². The molecule has 1 fully saturated rings. The molecule has 0 aliphatic carbocycles. The molecule has 1 atom stereocenters. The van der Waals surface area contributed by atoms with Gasteiger partial charge in [-0.25, -0.2) is 0 Å². The predicted molar refractivity (Wildman–Crippen MR) is 91.6 cm³/mol. The second-order valence-corrected chi connectivity index (χ2v) is 7.44. The third kappa shape index (κ3) is 4.25. The van der Waals surface area contributed by atoms with Gasteiger partial charge in [-0.1, -0.05) is 26.0 Å². The lowest BCUT2D eigenvalue weighted by molar-refractivity contribution is -0.135. The Morgan fingerprint density at radius 2 is 2.00 bits per heavy atom. The maximum absolute atomic E-state index is 12.8. The van der Waals surface area contributed by atoms with E-state index in [9.17, 15) is 9.90 Å². The number of hydrogen-bond acceptors (Lipinski definition) is 3. The fourth-order valence-electron chi connectivity index (χ4n) is 2.92. The highest BCUT2D eigenvalue weighted by molar-refractivity contribution is 5.87. The number of rotatable bonds is 6. The molecule has 1 unspecified atom stereocenters. The molecule has 1 aliphatic rings.